The van der Waals surface area contributed by atoms with Crippen LogP contribution in [-0.2, 0) is 0 Å². The molecule has 1 rings (SSSR count). The topological polar surface area (TPSA) is 70.6 Å². The molecule has 0 aliphatic heterocycles. The molecule has 0 aliphatic rings. The van der Waals surface area contributed by atoms with E-state index in [9.17, 15) is 0 Å². The molecule has 1 atom stereocenters. The first-order chi connectivity index (χ1) is 8.88. The fraction of sp³-hybridized carbons (Fsp3) is 0.533. The van der Waals surface area contributed by atoms with E-state index in [1.807, 2.05) is 19.9 Å². The number of benzene rings is 1. The van der Waals surface area contributed by atoms with Gasteiger partial charge in [-0.25, -0.2) is 0 Å². The predicted octanol–water partition coefficient (Wildman–Crippen LogP) is 2.81. The first-order valence-electron chi connectivity index (χ1n) is 6.65. The molecule has 0 unspecified atom stereocenters. The minimum absolute atomic E-state index is 0.276. The Hall–Kier alpha value is -1.55. The van der Waals surface area contributed by atoms with E-state index in [1.165, 1.54) is 11.1 Å². The average molecular weight is 263 g/mol. The molecule has 0 saturated carbocycles. The van der Waals surface area contributed by atoms with Gasteiger partial charge in [-0.1, -0.05) is 43.3 Å². The van der Waals surface area contributed by atoms with Gasteiger partial charge in [0.05, 0.1) is 0 Å². The third-order valence-electron chi connectivity index (χ3n) is 3.66. The first kappa shape index (κ1) is 15.5. The molecule has 0 fully saturated rings. The summed E-state index contributed by atoms with van der Waals surface area (Å²) in [6, 6.07) is 8.66. The molecule has 19 heavy (non-hydrogen) atoms. The Balaban J connectivity index is 2.52. The van der Waals surface area contributed by atoms with E-state index in [2.05, 4.69) is 42.5 Å². The summed E-state index contributed by atoms with van der Waals surface area (Å²) < 4.78 is 0. The van der Waals surface area contributed by atoms with Crippen molar-refractivity contribution >= 4 is 5.84 Å². The molecule has 4 heteroatoms. The Bertz CT molecular complexity index is 441. The van der Waals surface area contributed by atoms with Crippen molar-refractivity contribution in [1.82, 2.24) is 5.32 Å². The molecule has 0 aliphatic carbocycles. The monoisotopic (exact) mass is 263 g/mol. The van der Waals surface area contributed by atoms with Gasteiger partial charge in [-0.2, -0.15) is 0 Å². The Labute approximate surface area is 115 Å². The molecule has 1 aromatic carbocycles. The first-order valence-corrected chi connectivity index (χ1v) is 6.65. The van der Waals surface area contributed by atoms with E-state index in [0.717, 1.165) is 13.0 Å². The van der Waals surface area contributed by atoms with Crippen molar-refractivity contribution in [1.29, 1.82) is 0 Å². The molecule has 106 valence electrons. The lowest BCUT2D eigenvalue weighted by atomic mass is 9.88. The third-order valence-corrected chi connectivity index (χ3v) is 3.66. The number of rotatable bonds is 6. The molecular weight excluding hydrogens is 238 g/mol. The third kappa shape index (κ3) is 4.24. The average Bonchev–Trinajstić information content (AvgIpc) is 2.37. The molecule has 0 spiro atoms. The summed E-state index contributed by atoms with van der Waals surface area (Å²) in [6.45, 7) is 9.04. The highest BCUT2D eigenvalue weighted by molar-refractivity contribution is 5.85. The van der Waals surface area contributed by atoms with E-state index in [0.29, 0.717) is 6.04 Å². The van der Waals surface area contributed by atoms with Crippen molar-refractivity contribution in [2.24, 2.45) is 16.3 Å². The maximum absolute atomic E-state index is 8.74. The Kier molecular flexibility index (Phi) is 5.36. The van der Waals surface area contributed by atoms with Crippen LogP contribution in [0.4, 0.5) is 0 Å². The standard InChI is InChI=1S/C15H25N3O/c1-11-7-5-6-8-13(11)12(2)17-10-9-15(3,4)14(16)18-19/h5-8,12,17,19H,9-10H2,1-4H3,(H2,16,18)/t12-/m0/s1. The van der Waals surface area contributed by atoms with Gasteiger partial charge in [0.1, 0.15) is 5.84 Å². The van der Waals surface area contributed by atoms with Crippen LogP contribution in [-0.4, -0.2) is 17.6 Å². The zero-order valence-electron chi connectivity index (χ0n) is 12.3. The summed E-state index contributed by atoms with van der Waals surface area (Å²) in [4.78, 5) is 0. The van der Waals surface area contributed by atoms with Crippen LogP contribution in [0, 0.1) is 12.3 Å². The Morgan fingerprint density at radius 1 is 1.42 bits per heavy atom. The van der Waals surface area contributed by atoms with Crippen LogP contribution in [0.25, 0.3) is 0 Å². The van der Waals surface area contributed by atoms with Crippen molar-refractivity contribution in [2.45, 2.75) is 40.2 Å². The van der Waals surface area contributed by atoms with Crippen LogP contribution in [0.15, 0.2) is 29.4 Å². The van der Waals surface area contributed by atoms with Crippen LogP contribution in [0.5, 0.6) is 0 Å². The second-order valence-electron chi connectivity index (χ2n) is 5.65. The molecule has 1 aromatic rings. The lowest BCUT2D eigenvalue weighted by molar-refractivity contribution is 0.304. The number of hydrogen-bond donors (Lipinski definition) is 3. The zero-order valence-corrected chi connectivity index (χ0v) is 12.3. The highest BCUT2D eigenvalue weighted by Crippen LogP contribution is 2.21. The summed E-state index contributed by atoms with van der Waals surface area (Å²) in [5.74, 6) is 0.276. The lowest BCUT2D eigenvalue weighted by Crippen LogP contribution is -2.35. The summed E-state index contributed by atoms with van der Waals surface area (Å²) >= 11 is 0. The molecule has 0 amide bonds. The fourth-order valence-electron chi connectivity index (χ4n) is 2.05. The van der Waals surface area contributed by atoms with Gasteiger partial charge >= 0.3 is 0 Å². The van der Waals surface area contributed by atoms with Crippen LogP contribution in [0.3, 0.4) is 0 Å². The quantitative estimate of drug-likeness (QED) is 0.320. The highest BCUT2D eigenvalue weighted by atomic mass is 16.4. The van der Waals surface area contributed by atoms with Gasteiger partial charge in [0.15, 0.2) is 0 Å². The van der Waals surface area contributed by atoms with E-state index >= 15 is 0 Å². The van der Waals surface area contributed by atoms with E-state index in [1.54, 1.807) is 0 Å². The number of hydrogen-bond acceptors (Lipinski definition) is 3. The van der Waals surface area contributed by atoms with E-state index in [-0.39, 0.29) is 11.3 Å². The van der Waals surface area contributed by atoms with Crippen LogP contribution in [0.2, 0.25) is 0 Å². The van der Waals surface area contributed by atoms with E-state index < -0.39 is 0 Å². The number of nitrogens with two attached hydrogens (primary N) is 1. The highest BCUT2D eigenvalue weighted by Gasteiger charge is 2.23. The summed E-state index contributed by atoms with van der Waals surface area (Å²) in [5, 5.41) is 15.3. The van der Waals surface area contributed by atoms with Gasteiger partial charge in [-0.05, 0) is 37.9 Å². The molecule has 0 aromatic heterocycles. The maximum atomic E-state index is 8.74. The number of nitrogens with zero attached hydrogens (tertiary/aromatic N) is 1. The van der Waals surface area contributed by atoms with Crippen molar-refractivity contribution < 1.29 is 5.21 Å². The van der Waals surface area contributed by atoms with Gasteiger partial charge in [0, 0.05) is 11.5 Å². The smallest absolute Gasteiger partial charge is 0.144 e. The lowest BCUT2D eigenvalue weighted by Gasteiger charge is -2.24. The summed E-state index contributed by atoms with van der Waals surface area (Å²) in [5.41, 5.74) is 7.98. The molecule has 4 N–H and O–H groups in total. The second-order valence-corrected chi connectivity index (χ2v) is 5.65. The van der Waals surface area contributed by atoms with Crippen LogP contribution < -0.4 is 11.1 Å². The number of nitrogens with one attached hydrogen (secondary N) is 1. The SMILES string of the molecule is Cc1ccccc1[C@H](C)NCCC(C)(C)/C(N)=N/O. The number of aryl methyl sites for hydroxylation is 1. The summed E-state index contributed by atoms with van der Waals surface area (Å²) in [6.07, 6.45) is 0.819. The predicted molar refractivity (Wildman–Crippen MR) is 79.4 cm³/mol. The minimum atomic E-state index is -0.298. The minimum Gasteiger partial charge on any atom is -0.409 e. The zero-order chi connectivity index (χ0) is 14.5. The van der Waals surface area contributed by atoms with Crippen molar-refractivity contribution in [3.63, 3.8) is 0 Å². The van der Waals surface area contributed by atoms with Crippen LogP contribution >= 0.6 is 0 Å². The normalized spacial score (nSPS) is 14.4. The van der Waals surface area contributed by atoms with Gasteiger partial charge in [0.2, 0.25) is 0 Å². The largest absolute Gasteiger partial charge is 0.409 e. The maximum Gasteiger partial charge on any atom is 0.144 e. The summed E-state index contributed by atoms with van der Waals surface area (Å²) in [7, 11) is 0. The van der Waals surface area contributed by atoms with Crippen molar-refractivity contribution in [2.75, 3.05) is 6.54 Å². The van der Waals surface area contributed by atoms with Gasteiger partial charge in [-0.3, -0.25) is 0 Å². The van der Waals surface area contributed by atoms with Crippen LogP contribution in [0.1, 0.15) is 44.4 Å². The molecule has 0 radical (unpaired) electrons. The van der Waals surface area contributed by atoms with Crippen molar-refractivity contribution in [3.05, 3.63) is 35.4 Å². The number of oxime groups is 1. The van der Waals surface area contributed by atoms with Gasteiger partial charge in [0.25, 0.3) is 0 Å². The van der Waals surface area contributed by atoms with E-state index in [4.69, 9.17) is 10.9 Å². The van der Waals surface area contributed by atoms with Gasteiger partial charge < -0.3 is 16.3 Å². The fourth-order valence-corrected chi connectivity index (χ4v) is 2.05. The molecule has 0 saturated heterocycles. The second kappa shape index (κ2) is 6.57. The molecule has 0 bridgehead atoms. The Morgan fingerprint density at radius 2 is 2.05 bits per heavy atom. The van der Waals surface area contributed by atoms with Crippen molar-refractivity contribution in [3.8, 4) is 0 Å². The number of amidine groups is 1. The van der Waals surface area contributed by atoms with Gasteiger partial charge in [-0.15, -0.1) is 0 Å². The molecule has 4 nitrogen and oxygen atoms in total. The molecular formula is C15H25N3O. The molecule has 0 heterocycles. The Morgan fingerprint density at radius 3 is 2.63 bits per heavy atom.